The molecule has 2 heterocycles. The van der Waals surface area contributed by atoms with Gasteiger partial charge in [-0.25, -0.2) is 0 Å². The van der Waals surface area contributed by atoms with E-state index in [0.717, 1.165) is 32.7 Å². The number of nitrogens with one attached hydrogen (secondary N) is 1. The van der Waals surface area contributed by atoms with Crippen LogP contribution in [0, 0.1) is 20.8 Å². The van der Waals surface area contributed by atoms with Crippen LogP contribution in [0.1, 0.15) is 22.4 Å². The highest BCUT2D eigenvalue weighted by Gasteiger charge is 2.20. The second-order valence-corrected chi connectivity index (χ2v) is 7.26. The van der Waals surface area contributed by atoms with Crippen LogP contribution in [0.15, 0.2) is 42.5 Å². The third-order valence-electron chi connectivity index (χ3n) is 5.70. The number of aromatic amines is 1. The standard InChI is InChI=1S/C22H27N3/c1-16-7-6-10-22(17(16)2)25-13-11-24(12-14-25)15-20-18(3)23-21-9-5-4-8-19(20)21/h4-10,23H,11-15H2,1-3H3. The van der Waals surface area contributed by atoms with Crippen molar-refractivity contribution in [2.45, 2.75) is 27.3 Å². The quantitative estimate of drug-likeness (QED) is 0.767. The number of nitrogens with zero attached hydrogens (tertiary/aromatic N) is 2. The molecule has 1 aliphatic rings. The number of anilines is 1. The van der Waals surface area contributed by atoms with E-state index in [1.54, 1.807) is 0 Å². The zero-order chi connectivity index (χ0) is 17.4. The SMILES string of the molecule is Cc1cccc(N2CCN(Cc3c(C)[nH]c4ccccc34)CC2)c1C. The summed E-state index contributed by atoms with van der Waals surface area (Å²) < 4.78 is 0. The molecule has 4 rings (SSSR count). The molecule has 0 amide bonds. The molecule has 3 aromatic rings. The maximum absolute atomic E-state index is 3.53. The molecule has 3 nitrogen and oxygen atoms in total. The van der Waals surface area contributed by atoms with Crippen molar-refractivity contribution < 1.29 is 0 Å². The number of hydrogen-bond acceptors (Lipinski definition) is 2. The van der Waals surface area contributed by atoms with Crippen molar-refractivity contribution >= 4 is 16.6 Å². The van der Waals surface area contributed by atoms with E-state index in [-0.39, 0.29) is 0 Å². The summed E-state index contributed by atoms with van der Waals surface area (Å²) in [7, 11) is 0. The fourth-order valence-electron chi connectivity index (χ4n) is 3.99. The van der Waals surface area contributed by atoms with Crippen molar-refractivity contribution in [3.63, 3.8) is 0 Å². The van der Waals surface area contributed by atoms with Crippen LogP contribution in [0.5, 0.6) is 0 Å². The lowest BCUT2D eigenvalue weighted by Gasteiger charge is -2.37. The summed E-state index contributed by atoms with van der Waals surface area (Å²) in [5.74, 6) is 0. The van der Waals surface area contributed by atoms with Crippen LogP contribution < -0.4 is 4.90 Å². The van der Waals surface area contributed by atoms with Crippen molar-refractivity contribution in [3.8, 4) is 0 Å². The topological polar surface area (TPSA) is 22.3 Å². The zero-order valence-electron chi connectivity index (χ0n) is 15.5. The van der Waals surface area contributed by atoms with Gasteiger partial charge in [0.2, 0.25) is 0 Å². The summed E-state index contributed by atoms with van der Waals surface area (Å²) in [6.07, 6.45) is 0. The Morgan fingerprint density at radius 1 is 0.880 bits per heavy atom. The van der Waals surface area contributed by atoms with Gasteiger partial charge in [-0.2, -0.15) is 0 Å². The van der Waals surface area contributed by atoms with Crippen molar-refractivity contribution in [2.24, 2.45) is 0 Å². The Hall–Kier alpha value is -2.26. The van der Waals surface area contributed by atoms with Crippen LogP contribution in [-0.4, -0.2) is 36.1 Å². The molecule has 0 bridgehead atoms. The van der Waals surface area contributed by atoms with Gasteiger partial charge in [-0.3, -0.25) is 4.90 Å². The van der Waals surface area contributed by atoms with Crippen molar-refractivity contribution in [3.05, 3.63) is 64.8 Å². The number of rotatable bonds is 3. The lowest BCUT2D eigenvalue weighted by Crippen LogP contribution is -2.46. The van der Waals surface area contributed by atoms with Crippen LogP contribution in [0.4, 0.5) is 5.69 Å². The number of aromatic nitrogens is 1. The molecular weight excluding hydrogens is 306 g/mol. The van der Waals surface area contributed by atoms with Gasteiger partial charge in [-0.05, 0) is 49.6 Å². The molecule has 1 fully saturated rings. The molecule has 0 atom stereocenters. The Morgan fingerprint density at radius 3 is 2.44 bits per heavy atom. The van der Waals surface area contributed by atoms with Gasteiger partial charge in [0.25, 0.3) is 0 Å². The summed E-state index contributed by atoms with van der Waals surface area (Å²) >= 11 is 0. The largest absolute Gasteiger partial charge is 0.369 e. The third kappa shape index (κ3) is 3.05. The second-order valence-electron chi connectivity index (χ2n) is 7.26. The van der Waals surface area contributed by atoms with Gasteiger partial charge in [0.1, 0.15) is 0 Å². The number of hydrogen-bond donors (Lipinski definition) is 1. The molecule has 0 aliphatic carbocycles. The van der Waals surface area contributed by atoms with Gasteiger partial charge >= 0.3 is 0 Å². The maximum Gasteiger partial charge on any atom is 0.0459 e. The number of fused-ring (bicyclic) bond motifs is 1. The minimum atomic E-state index is 1.04. The van der Waals surface area contributed by atoms with E-state index in [4.69, 9.17) is 0 Å². The molecule has 130 valence electrons. The fourth-order valence-corrected chi connectivity index (χ4v) is 3.99. The van der Waals surface area contributed by atoms with Gasteiger partial charge in [0, 0.05) is 55.0 Å². The van der Waals surface area contributed by atoms with E-state index in [9.17, 15) is 0 Å². The number of aryl methyl sites for hydroxylation is 2. The Kier molecular flexibility index (Phi) is 4.26. The normalized spacial score (nSPS) is 15.9. The highest BCUT2D eigenvalue weighted by atomic mass is 15.3. The summed E-state index contributed by atoms with van der Waals surface area (Å²) in [5.41, 5.74) is 8.22. The average molecular weight is 333 g/mol. The van der Waals surface area contributed by atoms with Crippen LogP contribution in [0.3, 0.4) is 0 Å². The summed E-state index contributed by atoms with van der Waals surface area (Å²) in [6.45, 7) is 12.1. The van der Waals surface area contributed by atoms with E-state index >= 15 is 0 Å². The predicted octanol–water partition coefficient (Wildman–Crippen LogP) is 4.42. The lowest BCUT2D eigenvalue weighted by molar-refractivity contribution is 0.250. The Morgan fingerprint density at radius 2 is 1.64 bits per heavy atom. The van der Waals surface area contributed by atoms with Crippen LogP contribution in [-0.2, 0) is 6.54 Å². The molecule has 1 aliphatic heterocycles. The molecule has 0 spiro atoms. The van der Waals surface area contributed by atoms with Crippen LogP contribution >= 0.6 is 0 Å². The Labute approximate surface area is 150 Å². The number of benzene rings is 2. The number of para-hydroxylation sites is 1. The molecule has 2 aromatic carbocycles. The van der Waals surface area contributed by atoms with Crippen LogP contribution in [0.25, 0.3) is 10.9 Å². The van der Waals surface area contributed by atoms with Gasteiger partial charge < -0.3 is 9.88 Å². The number of piperazine rings is 1. The molecule has 0 radical (unpaired) electrons. The van der Waals surface area contributed by atoms with E-state index in [0.29, 0.717) is 0 Å². The minimum absolute atomic E-state index is 1.04. The highest BCUT2D eigenvalue weighted by Crippen LogP contribution is 2.26. The molecule has 1 saturated heterocycles. The summed E-state index contributed by atoms with van der Waals surface area (Å²) in [6, 6.07) is 15.3. The van der Waals surface area contributed by atoms with E-state index in [1.165, 1.54) is 39.0 Å². The van der Waals surface area contributed by atoms with Crippen molar-refractivity contribution in [2.75, 3.05) is 31.1 Å². The molecule has 25 heavy (non-hydrogen) atoms. The highest BCUT2D eigenvalue weighted by molar-refractivity contribution is 5.84. The Balaban J connectivity index is 1.47. The van der Waals surface area contributed by atoms with Gasteiger partial charge in [0.15, 0.2) is 0 Å². The van der Waals surface area contributed by atoms with Gasteiger partial charge in [-0.1, -0.05) is 30.3 Å². The van der Waals surface area contributed by atoms with E-state index in [1.807, 2.05) is 0 Å². The molecule has 3 heteroatoms. The first-order valence-electron chi connectivity index (χ1n) is 9.23. The maximum atomic E-state index is 3.53. The fraction of sp³-hybridized carbons (Fsp3) is 0.364. The first-order valence-corrected chi connectivity index (χ1v) is 9.23. The first-order chi connectivity index (χ1) is 12.1. The average Bonchev–Trinajstić information content (AvgIpc) is 2.94. The molecule has 1 aromatic heterocycles. The van der Waals surface area contributed by atoms with Crippen molar-refractivity contribution in [1.29, 1.82) is 0 Å². The van der Waals surface area contributed by atoms with Gasteiger partial charge in [0.05, 0.1) is 0 Å². The van der Waals surface area contributed by atoms with Crippen LogP contribution in [0.2, 0.25) is 0 Å². The van der Waals surface area contributed by atoms with E-state index < -0.39 is 0 Å². The predicted molar refractivity (Wildman–Crippen MR) is 106 cm³/mol. The lowest BCUT2D eigenvalue weighted by atomic mass is 10.1. The third-order valence-corrected chi connectivity index (χ3v) is 5.70. The minimum Gasteiger partial charge on any atom is -0.369 e. The summed E-state index contributed by atoms with van der Waals surface area (Å²) in [5, 5.41) is 1.37. The zero-order valence-corrected chi connectivity index (χ0v) is 15.5. The first kappa shape index (κ1) is 16.2. The summed E-state index contributed by atoms with van der Waals surface area (Å²) in [4.78, 5) is 8.66. The molecular formula is C22H27N3. The molecule has 0 unspecified atom stereocenters. The molecule has 1 N–H and O–H groups in total. The number of H-pyrrole nitrogens is 1. The monoisotopic (exact) mass is 333 g/mol. The van der Waals surface area contributed by atoms with Gasteiger partial charge in [-0.15, -0.1) is 0 Å². The molecule has 0 saturated carbocycles. The Bertz CT molecular complexity index is 885. The van der Waals surface area contributed by atoms with E-state index in [2.05, 4.69) is 78.0 Å². The smallest absolute Gasteiger partial charge is 0.0459 e. The van der Waals surface area contributed by atoms with Crippen molar-refractivity contribution in [1.82, 2.24) is 9.88 Å². The second kappa shape index (κ2) is 6.57.